The minimum absolute atomic E-state index is 0. The Morgan fingerprint density at radius 3 is 2.31 bits per heavy atom. The number of aromatic nitrogens is 2. The van der Waals surface area contributed by atoms with Gasteiger partial charge in [-0.15, -0.1) is 12.4 Å². The number of rotatable bonds is 4. The topological polar surface area (TPSA) is 83.6 Å². The molecule has 3 aromatic rings. The number of furan rings is 1. The van der Waals surface area contributed by atoms with Crippen LogP contribution in [0.3, 0.4) is 0 Å². The lowest BCUT2D eigenvalue weighted by Crippen LogP contribution is -2.50. The first-order chi connectivity index (χ1) is 16.5. The number of piperazine rings is 1. The fourth-order valence-corrected chi connectivity index (χ4v) is 4.69. The van der Waals surface area contributed by atoms with E-state index < -0.39 is 11.6 Å². The summed E-state index contributed by atoms with van der Waals surface area (Å²) in [6.07, 6.45) is 4.49. The molecule has 0 saturated carbocycles. The zero-order chi connectivity index (χ0) is 23.7. The summed E-state index contributed by atoms with van der Waals surface area (Å²) in [5.74, 6) is -1.53. The largest absolute Gasteiger partial charge is 0.459 e. The third kappa shape index (κ3) is 4.94. The van der Waals surface area contributed by atoms with Crippen molar-refractivity contribution in [3.63, 3.8) is 0 Å². The molecule has 186 valence electrons. The molecule has 4 heterocycles. The van der Waals surface area contributed by atoms with Crippen LogP contribution in [0.4, 0.5) is 8.78 Å². The van der Waals surface area contributed by atoms with E-state index in [9.17, 15) is 18.4 Å². The number of hydrogen-bond acceptors (Lipinski definition) is 5. The van der Waals surface area contributed by atoms with Gasteiger partial charge >= 0.3 is 0 Å². The quantitative estimate of drug-likeness (QED) is 0.588. The Morgan fingerprint density at radius 1 is 1.00 bits per heavy atom. The molecule has 0 bridgehead atoms. The van der Waals surface area contributed by atoms with Gasteiger partial charge in [0, 0.05) is 38.2 Å². The lowest BCUT2D eigenvalue weighted by Gasteiger charge is -2.34. The summed E-state index contributed by atoms with van der Waals surface area (Å²) in [7, 11) is 0. The van der Waals surface area contributed by atoms with E-state index in [2.05, 4.69) is 10.4 Å². The highest BCUT2D eigenvalue weighted by Crippen LogP contribution is 2.32. The molecule has 2 aromatic heterocycles. The van der Waals surface area contributed by atoms with Gasteiger partial charge in [-0.3, -0.25) is 9.59 Å². The monoisotopic (exact) mass is 505 g/mol. The normalized spacial score (nSPS) is 16.7. The Morgan fingerprint density at radius 2 is 1.69 bits per heavy atom. The molecule has 0 aliphatic carbocycles. The third-order valence-corrected chi connectivity index (χ3v) is 6.49. The van der Waals surface area contributed by atoms with Gasteiger partial charge in [-0.2, -0.15) is 5.10 Å². The maximum absolute atomic E-state index is 14.6. The zero-order valence-electron chi connectivity index (χ0n) is 19.0. The molecule has 5 rings (SSSR count). The molecule has 0 spiro atoms. The molecule has 2 aliphatic rings. The number of carbonyl (C=O) groups excluding carboxylic acids is 2. The van der Waals surface area contributed by atoms with Crippen molar-refractivity contribution in [3.05, 3.63) is 71.4 Å². The first-order valence-corrected chi connectivity index (χ1v) is 11.4. The highest BCUT2D eigenvalue weighted by molar-refractivity contribution is 5.96. The molecule has 8 nitrogen and oxygen atoms in total. The second-order valence-electron chi connectivity index (χ2n) is 8.54. The molecule has 2 amide bonds. The average Bonchev–Trinajstić information content (AvgIpc) is 3.55. The summed E-state index contributed by atoms with van der Waals surface area (Å²) in [6.45, 7) is 3.06. The van der Waals surface area contributed by atoms with Crippen molar-refractivity contribution < 1.29 is 22.8 Å². The van der Waals surface area contributed by atoms with Crippen molar-refractivity contribution >= 4 is 24.2 Å². The Balaban J connectivity index is 0.00000289. The van der Waals surface area contributed by atoms with E-state index in [1.165, 1.54) is 29.3 Å². The first-order valence-electron chi connectivity index (χ1n) is 11.4. The van der Waals surface area contributed by atoms with Gasteiger partial charge in [0.2, 0.25) is 0 Å². The minimum atomic E-state index is -0.734. The smallest absolute Gasteiger partial charge is 0.289 e. The molecule has 0 atom stereocenters. The van der Waals surface area contributed by atoms with Gasteiger partial charge in [0.05, 0.1) is 23.7 Å². The fraction of sp³-hybridized carbons (Fsp3) is 0.375. The molecule has 0 unspecified atom stereocenters. The van der Waals surface area contributed by atoms with E-state index in [1.54, 1.807) is 21.9 Å². The number of halogens is 3. The minimum Gasteiger partial charge on any atom is -0.459 e. The van der Waals surface area contributed by atoms with Crippen LogP contribution in [0.1, 0.15) is 45.4 Å². The molecule has 1 aromatic carbocycles. The van der Waals surface area contributed by atoms with Gasteiger partial charge in [-0.1, -0.05) is 0 Å². The van der Waals surface area contributed by atoms with Crippen LogP contribution in [0.25, 0.3) is 5.69 Å². The molecule has 11 heteroatoms. The van der Waals surface area contributed by atoms with Crippen LogP contribution in [-0.2, 0) is 0 Å². The molecule has 1 N–H and O–H groups in total. The third-order valence-electron chi connectivity index (χ3n) is 6.49. The van der Waals surface area contributed by atoms with Crippen LogP contribution < -0.4 is 5.32 Å². The standard InChI is InChI=1S/C24H25F2N5O3.ClH/c25-17-3-4-20(19(26)14-17)31-22(16-5-7-27-8-6-16)18(15-28-31)23(32)29-9-11-30(12-10-29)24(33)21-2-1-13-34-21;/h1-4,13-16,27H,5-12H2;1H. The van der Waals surface area contributed by atoms with Crippen LogP contribution in [0.2, 0.25) is 0 Å². The van der Waals surface area contributed by atoms with Crippen LogP contribution in [0.5, 0.6) is 0 Å². The van der Waals surface area contributed by atoms with Gasteiger partial charge in [0.1, 0.15) is 11.5 Å². The Hall–Kier alpha value is -3.24. The number of piperidine rings is 1. The second kappa shape index (κ2) is 10.6. The van der Waals surface area contributed by atoms with Crippen LogP contribution in [-0.4, -0.2) is 70.7 Å². The fourth-order valence-electron chi connectivity index (χ4n) is 4.69. The van der Waals surface area contributed by atoms with E-state index in [0.717, 1.165) is 32.0 Å². The van der Waals surface area contributed by atoms with Crippen molar-refractivity contribution in [3.8, 4) is 5.69 Å². The molecular weight excluding hydrogens is 480 g/mol. The Kier molecular flexibility index (Phi) is 7.51. The Labute approximate surface area is 207 Å². The van der Waals surface area contributed by atoms with Gasteiger partial charge in [0.15, 0.2) is 11.6 Å². The maximum Gasteiger partial charge on any atom is 0.289 e. The number of carbonyl (C=O) groups is 2. The average molecular weight is 506 g/mol. The van der Waals surface area contributed by atoms with Crippen molar-refractivity contribution in [2.24, 2.45) is 0 Å². The van der Waals surface area contributed by atoms with Crippen molar-refractivity contribution in [1.29, 1.82) is 0 Å². The number of hydrogen-bond donors (Lipinski definition) is 1. The summed E-state index contributed by atoms with van der Waals surface area (Å²) in [5, 5.41) is 7.65. The van der Waals surface area contributed by atoms with Gasteiger partial charge in [0.25, 0.3) is 11.8 Å². The predicted molar refractivity (Wildman–Crippen MR) is 126 cm³/mol. The van der Waals surface area contributed by atoms with E-state index in [-0.39, 0.29) is 41.6 Å². The number of benzene rings is 1. The SMILES string of the molecule is Cl.O=C(c1ccco1)N1CCN(C(=O)c2cnn(-c3ccc(F)cc3F)c2C2CCNCC2)CC1. The summed E-state index contributed by atoms with van der Waals surface area (Å²) >= 11 is 0. The number of nitrogens with zero attached hydrogens (tertiary/aromatic N) is 4. The van der Waals surface area contributed by atoms with E-state index in [1.807, 2.05) is 0 Å². The lowest BCUT2D eigenvalue weighted by molar-refractivity contribution is 0.0517. The molecule has 2 fully saturated rings. The van der Waals surface area contributed by atoms with Gasteiger partial charge < -0.3 is 19.5 Å². The van der Waals surface area contributed by atoms with E-state index in [0.29, 0.717) is 37.4 Å². The lowest BCUT2D eigenvalue weighted by atomic mass is 9.91. The van der Waals surface area contributed by atoms with Gasteiger partial charge in [-0.25, -0.2) is 13.5 Å². The molecule has 2 aliphatic heterocycles. The summed E-state index contributed by atoms with van der Waals surface area (Å²) < 4.78 is 34.8. The highest BCUT2D eigenvalue weighted by Gasteiger charge is 2.32. The van der Waals surface area contributed by atoms with Crippen molar-refractivity contribution in [1.82, 2.24) is 24.9 Å². The number of nitrogens with one attached hydrogen (secondary N) is 1. The molecule has 35 heavy (non-hydrogen) atoms. The van der Waals surface area contributed by atoms with Crippen LogP contribution in [0, 0.1) is 11.6 Å². The van der Waals surface area contributed by atoms with E-state index in [4.69, 9.17) is 4.42 Å². The summed E-state index contributed by atoms with van der Waals surface area (Å²) in [5.41, 5.74) is 1.18. The number of amides is 2. The van der Waals surface area contributed by atoms with Crippen LogP contribution >= 0.6 is 12.4 Å². The molecular formula is C24H26ClF2N5O3. The van der Waals surface area contributed by atoms with Crippen LogP contribution in [0.15, 0.2) is 47.2 Å². The zero-order valence-corrected chi connectivity index (χ0v) is 19.8. The van der Waals surface area contributed by atoms with Crippen molar-refractivity contribution in [2.45, 2.75) is 18.8 Å². The second-order valence-corrected chi connectivity index (χ2v) is 8.54. The Bertz CT molecular complexity index is 1190. The van der Waals surface area contributed by atoms with Crippen molar-refractivity contribution in [2.75, 3.05) is 39.3 Å². The summed E-state index contributed by atoms with van der Waals surface area (Å²) in [4.78, 5) is 29.4. The summed E-state index contributed by atoms with van der Waals surface area (Å²) in [6, 6.07) is 6.63. The molecule has 0 radical (unpaired) electrons. The maximum atomic E-state index is 14.6. The predicted octanol–water partition coefficient (Wildman–Crippen LogP) is 3.23. The highest BCUT2D eigenvalue weighted by atomic mass is 35.5. The first kappa shape index (κ1) is 24.9. The molecule has 2 saturated heterocycles. The van der Waals surface area contributed by atoms with E-state index >= 15 is 0 Å². The van der Waals surface area contributed by atoms with Gasteiger partial charge in [-0.05, 0) is 50.2 Å².